The van der Waals surface area contributed by atoms with E-state index in [2.05, 4.69) is 14.7 Å². The lowest BCUT2D eigenvalue weighted by Crippen LogP contribution is -2.28. The molecule has 0 spiro atoms. The molecule has 0 saturated carbocycles. The predicted octanol–water partition coefficient (Wildman–Crippen LogP) is 2.30. The smallest absolute Gasteiger partial charge is 0.211 e. The highest BCUT2D eigenvalue weighted by molar-refractivity contribution is 7.89. The number of aromatic nitrogens is 2. The Labute approximate surface area is 141 Å². The van der Waals surface area contributed by atoms with E-state index in [9.17, 15) is 8.42 Å². The molecule has 0 aromatic carbocycles. The molecular weight excluding hydrogens is 334 g/mol. The molecular formula is C15H21N3O3S2. The summed E-state index contributed by atoms with van der Waals surface area (Å²) in [6.07, 6.45) is 2.87. The van der Waals surface area contributed by atoms with Crippen LogP contribution in [0.1, 0.15) is 29.7 Å². The maximum atomic E-state index is 11.6. The first-order valence-corrected chi connectivity index (χ1v) is 9.98. The summed E-state index contributed by atoms with van der Waals surface area (Å²) in [5.74, 6) is 0.868. The van der Waals surface area contributed by atoms with Crippen molar-refractivity contribution in [3.8, 4) is 5.75 Å². The maximum absolute atomic E-state index is 11.6. The Morgan fingerprint density at radius 3 is 2.87 bits per heavy atom. The standard InChI is InChI=1S/C15H21N3O3S2/c1-3-8-23(19,20)17-7-6-13-11-22-15(18-13)10-21-14-5-4-12(2)16-9-14/h4-5,9,11,17H,3,6-8,10H2,1-2H3. The van der Waals surface area contributed by atoms with E-state index < -0.39 is 10.0 Å². The minimum Gasteiger partial charge on any atom is -0.485 e. The van der Waals surface area contributed by atoms with Crippen molar-refractivity contribution in [2.75, 3.05) is 12.3 Å². The minimum atomic E-state index is -3.15. The summed E-state index contributed by atoms with van der Waals surface area (Å²) in [7, 11) is -3.15. The molecule has 2 aromatic rings. The number of hydrogen-bond donors (Lipinski definition) is 1. The average molecular weight is 355 g/mol. The summed E-state index contributed by atoms with van der Waals surface area (Å²) in [5, 5.41) is 2.79. The molecule has 0 atom stereocenters. The summed E-state index contributed by atoms with van der Waals surface area (Å²) in [4.78, 5) is 8.61. The van der Waals surface area contributed by atoms with Crippen LogP contribution in [0.5, 0.6) is 5.75 Å². The summed E-state index contributed by atoms with van der Waals surface area (Å²) in [6.45, 7) is 4.52. The van der Waals surface area contributed by atoms with Crippen LogP contribution in [-0.2, 0) is 23.1 Å². The second kappa shape index (κ2) is 8.37. The van der Waals surface area contributed by atoms with Gasteiger partial charge in [0.2, 0.25) is 10.0 Å². The second-order valence-electron chi connectivity index (χ2n) is 5.12. The lowest BCUT2D eigenvalue weighted by molar-refractivity contribution is 0.304. The zero-order chi connectivity index (χ0) is 16.7. The van der Waals surface area contributed by atoms with E-state index in [0.717, 1.165) is 16.4 Å². The van der Waals surface area contributed by atoms with Crippen LogP contribution in [0, 0.1) is 6.92 Å². The van der Waals surface area contributed by atoms with E-state index >= 15 is 0 Å². The van der Waals surface area contributed by atoms with Gasteiger partial charge < -0.3 is 4.74 Å². The number of thiazole rings is 1. The van der Waals surface area contributed by atoms with E-state index in [4.69, 9.17) is 4.74 Å². The van der Waals surface area contributed by atoms with Crippen molar-refractivity contribution < 1.29 is 13.2 Å². The van der Waals surface area contributed by atoms with Crippen molar-refractivity contribution in [2.24, 2.45) is 0 Å². The van der Waals surface area contributed by atoms with Crippen molar-refractivity contribution in [3.63, 3.8) is 0 Å². The Morgan fingerprint density at radius 1 is 1.35 bits per heavy atom. The Balaban J connectivity index is 1.78. The number of hydrogen-bond acceptors (Lipinski definition) is 6. The van der Waals surface area contributed by atoms with Crippen LogP contribution in [0.25, 0.3) is 0 Å². The second-order valence-corrected chi connectivity index (χ2v) is 7.99. The SMILES string of the molecule is CCCS(=O)(=O)NCCc1csc(COc2ccc(C)nc2)n1. The number of rotatable bonds is 9. The third-order valence-corrected chi connectivity index (χ3v) is 5.48. The van der Waals surface area contributed by atoms with E-state index in [1.807, 2.05) is 31.4 Å². The normalized spacial score (nSPS) is 11.6. The van der Waals surface area contributed by atoms with E-state index in [1.165, 1.54) is 11.3 Å². The molecule has 0 aliphatic heterocycles. The van der Waals surface area contributed by atoms with Gasteiger partial charge in [0.05, 0.1) is 17.6 Å². The number of pyridine rings is 1. The molecule has 23 heavy (non-hydrogen) atoms. The third-order valence-electron chi connectivity index (χ3n) is 3.02. The van der Waals surface area contributed by atoms with Crippen LogP contribution in [-0.4, -0.2) is 30.7 Å². The van der Waals surface area contributed by atoms with Gasteiger partial charge in [-0.2, -0.15) is 0 Å². The van der Waals surface area contributed by atoms with Gasteiger partial charge in [0.15, 0.2) is 0 Å². The van der Waals surface area contributed by atoms with Gasteiger partial charge in [0.1, 0.15) is 17.4 Å². The van der Waals surface area contributed by atoms with E-state index in [-0.39, 0.29) is 5.75 Å². The highest BCUT2D eigenvalue weighted by Crippen LogP contribution is 2.15. The number of nitrogens with zero attached hydrogens (tertiary/aromatic N) is 2. The first kappa shape index (κ1) is 17.8. The van der Waals surface area contributed by atoms with Gasteiger partial charge in [0, 0.05) is 24.0 Å². The number of ether oxygens (including phenoxy) is 1. The highest BCUT2D eigenvalue weighted by atomic mass is 32.2. The number of sulfonamides is 1. The summed E-state index contributed by atoms with van der Waals surface area (Å²) < 4.78 is 31.3. The zero-order valence-corrected chi connectivity index (χ0v) is 14.9. The van der Waals surface area contributed by atoms with Gasteiger partial charge >= 0.3 is 0 Å². The Bertz CT molecular complexity index is 712. The molecule has 2 heterocycles. The summed E-state index contributed by atoms with van der Waals surface area (Å²) >= 11 is 1.51. The van der Waals surface area contributed by atoms with Crippen molar-refractivity contribution in [1.29, 1.82) is 0 Å². The molecule has 6 nitrogen and oxygen atoms in total. The lowest BCUT2D eigenvalue weighted by atomic mass is 10.3. The largest absolute Gasteiger partial charge is 0.485 e. The van der Waals surface area contributed by atoms with Crippen LogP contribution in [0.2, 0.25) is 0 Å². The van der Waals surface area contributed by atoms with Crippen molar-refractivity contribution in [2.45, 2.75) is 33.3 Å². The highest BCUT2D eigenvalue weighted by Gasteiger charge is 2.09. The quantitative estimate of drug-likeness (QED) is 0.746. The topological polar surface area (TPSA) is 81.2 Å². The van der Waals surface area contributed by atoms with E-state index in [0.29, 0.717) is 31.7 Å². The fourth-order valence-corrected chi connectivity index (χ4v) is 3.72. The number of aryl methyl sites for hydroxylation is 1. The molecule has 0 radical (unpaired) electrons. The first-order chi connectivity index (χ1) is 11.0. The van der Waals surface area contributed by atoms with Crippen LogP contribution >= 0.6 is 11.3 Å². The molecule has 8 heteroatoms. The van der Waals surface area contributed by atoms with Crippen LogP contribution in [0.3, 0.4) is 0 Å². The summed E-state index contributed by atoms with van der Waals surface area (Å²) in [5.41, 5.74) is 1.81. The Hall–Kier alpha value is -1.51. The minimum absolute atomic E-state index is 0.160. The van der Waals surface area contributed by atoms with Crippen LogP contribution in [0.4, 0.5) is 0 Å². The zero-order valence-electron chi connectivity index (χ0n) is 13.3. The van der Waals surface area contributed by atoms with E-state index in [1.54, 1.807) is 6.20 Å². The fourth-order valence-electron chi connectivity index (χ4n) is 1.89. The summed E-state index contributed by atoms with van der Waals surface area (Å²) in [6, 6.07) is 3.77. The molecule has 0 bridgehead atoms. The monoisotopic (exact) mass is 355 g/mol. The number of nitrogens with one attached hydrogen (secondary N) is 1. The molecule has 126 valence electrons. The van der Waals surface area contributed by atoms with Gasteiger partial charge in [-0.05, 0) is 25.5 Å². The fraction of sp³-hybridized carbons (Fsp3) is 0.467. The molecule has 0 aliphatic carbocycles. The van der Waals surface area contributed by atoms with Crippen LogP contribution < -0.4 is 9.46 Å². The molecule has 0 unspecified atom stereocenters. The van der Waals surface area contributed by atoms with Gasteiger partial charge in [0.25, 0.3) is 0 Å². The van der Waals surface area contributed by atoms with Crippen molar-refractivity contribution >= 4 is 21.4 Å². The molecule has 2 aromatic heterocycles. The maximum Gasteiger partial charge on any atom is 0.211 e. The van der Waals surface area contributed by atoms with Crippen LogP contribution in [0.15, 0.2) is 23.7 Å². The molecule has 0 fully saturated rings. The molecule has 1 N–H and O–H groups in total. The first-order valence-electron chi connectivity index (χ1n) is 7.44. The van der Waals surface area contributed by atoms with Gasteiger partial charge in [-0.1, -0.05) is 6.92 Å². The molecule has 0 saturated heterocycles. The lowest BCUT2D eigenvalue weighted by Gasteiger charge is -2.04. The Morgan fingerprint density at radius 2 is 2.17 bits per heavy atom. The third kappa shape index (κ3) is 6.25. The Kier molecular flexibility index (Phi) is 6.49. The average Bonchev–Trinajstić information content (AvgIpc) is 2.94. The molecule has 0 aliphatic rings. The predicted molar refractivity (Wildman–Crippen MR) is 91.2 cm³/mol. The van der Waals surface area contributed by atoms with Gasteiger partial charge in [-0.15, -0.1) is 11.3 Å². The van der Waals surface area contributed by atoms with Gasteiger partial charge in [-0.3, -0.25) is 4.98 Å². The molecule has 2 rings (SSSR count). The molecule has 0 amide bonds. The van der Waals surface area contributed by atoms with Crippen molar-refractivity contribution in [3.05, 3.63) is 40.1 Å². The van der Waals surface area contributed by atoms with Crippen molar-refractivity contribution in [1.82, 2.24) is 14.7 Å². The van der Waals surface area contributed by atoms with Gasteiger partial charge in [-0.25, -0.2) is 18.1 Å².